The molecule has 2 amide bonds. The van der Waals surface area contributed by atoms with Crippen LogP contribution in [-0.2, 0) is 23.9 Å². The van der Waals surface area contributed by atoms with Crippen LogP contribution in [0.2, 0.25) is 0 Å². The summed E-state index contributed by atoms with van der Waals surface area (Å²) in [7, 11) is 0. The third-order valence-corrected chi connectivity index (χ3v) is 4.08. The van der Waals surface area contributed by atoms with Gasteiger partial charge in [-0.15, -0.1) is 6.58 Å². The molecule has 1 fully saturated rings. The second-order valence-corrected chi connectivity index (χ2v) is 5.38. The minimum atomic E-state index is -1.61. The topological polar surface area (TPSA) is 117 Å². The fourth-order valence-electron chi connectivity index (χ4n) is 2.78. The lowest BCUT2D eigenvalue weighted by atomic mass is 9.71. The highest BCUT2D eigenvalue weighted by molar-refractivity contribution is 6.64. The summed E-state index contributed by atoms with van der Waals surface area (Å²) in [6.45, 7) is 6.79. The van der Waals surface area contributed by atoms with Gasteiger partial charge in [0, 0.05) is 13.0 Å². The fourth-order valence-corrected chi connectivity index (χ4v) is 2.78. The lowest BCUT2D eigenvalue weighted by Crippen LogP contribution is -2.56. The first kappa shape index (κ1) is 19.4. The van der Waals surface area contributed by atoms with E-state index in [0.717, 1.165) is 4.90 Å². The number of imide groups is 1. The van der Waals surface area contributed by atoms with Crippen LogP contribution < -0.4 is 0 Å². The first-order valence-corrected chi connectivity index (χ1v) is 7.79. The number of likely N-dealkylation sites (tertiary alicyclic amines) is 1. The van der Waals surface area contributed by atoms with Gasteiger partial charge in [-0.3, -0.25) is 19.3 Å². The summed E-state index contributed by atoms with van der Waals surface area (Å²) in [6, 6.07) is 0. The SMILES string of the molecule is C=CCC(=O)N1CCCC(CC)(C(=O)C(=[N+]=[N-])C(=O)OCC)C1=O. The molecule has 0 saturated carbocycles. The van der Waals surface area contributed by atoms with Gasteiger partial charge in [-0.25, -0.2) is 4.79 Å². The molecular formula is C16H21N3O5. The second kappa shape index (κ2) is 8.31. The number of Topliss-reactive ketones (excluding diaryl/α,β-unsaturated/α-hetero) is 1. The van der Waals surface area contributed by atoms with Gasteiger partial charge in [0.2, 0.25) is 11.8 Å². The molecule has 0 aromatic rings. The number of piperidine rings is 1. The summed E-state index contributed by atoms with van der Waals surface area (Å²) in [4.78, 5) is 53.2. The van der Waals surface area contributed by atoms with Crippen molar-refractivity contribution in [2.24, 2.45) is 5.41 Å². The number of ether oxygens (including phenoxy) is 1. The maximum atomic E-state index is 12.8. The van der Waals surface area contributed by atoms with E-state index < -0.39 is 34.7 Å². The van der Waals surface area contributed by atoms with Crippen LogP contribution in [0.3, 0.4) is 0 Å². The number of carbonyl (C=O) groups excluding carboxylic acids is 4. The van der Waals surface area contributed by atoms with Crippen molar-refractivity contribution >= 4 is 29.3 Å². The Bertz CT molecular complexity index is 621. The molecule has 1 atom stereocenters. The van der Waals surface area contributed by atoms with Crippen LogP contribution in [0, 0.1) is 5.41 Å². The van der Waals surface area contributed by atoms with Gasteiger partial charge < -0.3 is 10.3 Å². The zero-order valence-corrected chi connectivity index (χ0v) is 13.9. The third-order valence-electron chi connectivity index (χ3n) is 4.08. The van der Waals surface area contributed by atoms with Crippen LogP contribution in [0.4, 0.5) is 0 Å². The van der Waals surface area contributed by atoms with Gasteiger partial charge in [0.05, 0.1) is 6.61 Å². The minimum absolute atomic E-state index is 0.0118. The van der Waals surface area contributed by atoms with Gasteiger partial charge >= 0.3 is 11.7 Å². The van der Waals surface area contributed by atoms with Crippen LogP contribution in [-0.4, -0.2) is 52.1 Å². The summed E-state index contributed by atoms with van der Waals surface area (Å²) < 4.78 is 4.69. The molecule has 1 saturated heterocycles. The average Bonchev–Trinajstić information content (AvgIpc) is 2.56. The number of rotatable bonds is 7. The standard InChI is InChI=1S/C16H21N3O5/c1-4-8-11(20)19-10-7-9-16(5-2,15(19)23)13(21)12(18-17)14(22)24-6-3/h4H,1,5-10H2,2-3H3. The highest BCUT2D eigenvalue weighted by Crippen LogP contribution is 2.36. The Hall–Kier alpha value is -2.60. The molecular weight excluding hydrogens is 314 g/mol. The average molecular weight is 335 g/mol. The van der Waals surface area contributed by atoms with Crippen LogP contribution in [0.15, 0.2) is 12.7 Å². The van der Waals surface area contributed by atoms with E-state index in [1.54, 1.807) is 6.92 Å². The molecule has 0 bridgehead atoms. The lowest BCUT2D eigenvalue weighted by molar-refractivity contribution is -0.159. The molecule has 0 aliphatic carbocycles. The predicted molar refractivity (Wildman–Crippen MR) is 83.8 cm³/mol. The van der Waals surface area contributed by atoms with Crippen molar-refractivity contribution in [1.29, 1.82) is 0 Å². The summed E-state index contributed by atoms with van der Waals surface area (Å²) in [5.41, 5.74) is 6.60. The van der Waals surface area contributed by atoms with Crippen LogP contribution in [0.25, 0.3) is 5.53 Å². The number of ketones is 1. The summed E-state index contributed by atoms with van der Waals surface area (Å²) in [5, 5.41) is 0. The van der Waals surface area contributed by atoms with Crippen molar-refractivity contribution in [1.82, 2.24) is 4.90 Å². The van der Waals surface area contributed by atoms with Gasteiger partial charge in [-0.05, 0) is 26.2 Å². The van der Waals surface area contributed by atoms with E-state index in [-0.39, 0.29) is 32.4 Å². The van der Waals surface area contributed by atoms with E-state index in [4.69, 9.17) is 5.53 Å². The van der Waals surface area contributed by atoms with E-state index >= 15 is 0 Å². The van der Waals surface area contributed by atoms with Crippen molar-refractivity contribution in [3.8, 4) is 0 Å². The zero-order valence-electron chi connectivity index (χ0n) is 13.9. The zero-order chi connectivity index (χ0) is 18.3. The first-order valence-electron chi connectivity index (χ1n) is 7.79. The number of hydrogen-bond acceptors (Lipinski definition) is 5. The number of carbonyl (C=O) groups is 4. The minimum Gasteiger partial charge on any atom is -0.457 e. The fraction of sp³-hybridized carbons (Fsp3) is 0.562. The van der Waals surface area contributed by atoms with E-state index in [9.17, 15) is 19.2 Å². The van der Waals surface area contributed by atoms with Crippen molar-refractivity contribution in [3.63, 3.8) is 0 Å². The maximum absolute atomic E-state index is 12.8. The van der Waals surface area contributed by atoms with E-state index in [0.29, 0.717) is 6.42 Å². The quantitative estimate of drug-likeness (QED) is 0.171. The molecule has 1 aliphatic heterocycles. The first-order chi connectivity index (χ1) is 11.4. The van der Waals surface area contributed by atoms with Crippen LogP contribution in [0.1, 0.15) is 39.5 Å². The molecule has 1 unspecified atom stereocenters. The summed E-state index contributed by atoms with van der Waals surface area (Å²) in [5.74, 6) is -3.16. The molecule has 0 spiro atoms. The van der Waals surface area contributed by atoms with Gasteiger partial charge in [0.1, 0.15) is 5.41 Å². The molecule has 1 aliphatic rings. The van der Waals surface area contributed by atoms with Crippen molar-refractivity contribution in [2.45, 2.75) is 39.5 Å². The number of esters is 1. The Morgan fingerprint density at radius 1 is 1.42 bits per heavy atom. The van der Waals surface area contributed by atoms with Gasteiger partial charge in [0.25, 0.3) is 5.78 Å². The highest BCUT2D eigenvalue weighted by atomic mass is 16.5. The third kappa shape index (κ3) is 3.49. The molecule has 130 valence electrons. The molecule has 24 heavy (non-hydrogen) atoms. The summed E-state index contributed by atoms with van der Waals surface area (Å²) >= 11 is 0. The Morgan fingerprint density at radius 2 is 2.08 bits per heavy atom. The molecule has 8 nitrogen and oxygen atoms in total. The molecule has 0 aromatic carbocycles. The van der Waals surface area contributed by atoms with Crippen LogP contribution in [0.5, 0.6) is 0 Å². The maximum Gasteiger partial charge on any atom is 0.442 e. The molecule has 1 rings (SSSR count). The normalized spacial score (nSPS) is 20.1. The molecule has 0 N–H and O–H groups in total. The Morgan fingerprint density at radius 3 is 2.58 bits per heavy atom. The monoisotopic (exact) mass is 335 g/mol. The van der Waals surface area contributed by atoms with Gasteiger partial charge in [-0.1, -0.05) is 13.0 Å². The Kier molecular flexibility index (Phi) is 6.73. The molecule has 0 radical (unpaired) electrons. The van der Waals surface area contributed by atoms with Crippen molar-refractivity contribution in [3.05, 3.63) is 18.2 Å². The van der Waals surface area contributed by atoms with Gasteiger partial charge in [0.15, 0.2) is 0 Å². The second-order valence-electron chi connectivity index (χ2n) is 5.38. The molecule has 0 aromatic heterocycles. The lowest BCUT2D eigenvalue weighted by Gasteiger charge is -2.37. The molecule has 1 heterocycles. The predicted octanol–water partition coefficient (Wildman–Crippen LogP) is 0.911. The molecule has 8 heteroatoms. The largest absolute Gasteiger partial charge is 0.457 e. The number of amides is 2. The van der Waals surface area contributed by atoms with Crippen molar-refractivity contribution < 1.29 is 28.7 Å². The van der Waals surface area contributed by atoms with Gasteiger partial charge in [-0.2, -0.15) is 4.79 Å². The number of hydrogen-bond donors (Lipinski definition) is 0. The van der Waals surface area contributed by atoms with E-state index in [2.05, 4.69) is 16.1 Å². The summed E-state index contributed by atoms with van der Waals surface area (Å²) in [6.07, 6.45) is 1.99. The highest BCUT2D eigenvalue weighted by Gasteiger charge is 2.55. The van der Waals surface area contributed by atoms with Crippen LogP contribution >= 0.6 is 0 Å². The van der Waals surface area contributed by atoms with Crippen molar-refractivity contribution in [2.75, 3.05) is 13.2 Å². The van der Waals surface area contributed by atoms with E-state index in [1.807, 2.05) is 0 Å². The smallest absolute Gasteiger partial charge is 0.442 e. The Labute approximate surface area is 140 Å². The Balaban J connectivity index is 3.23. The number of nitrogens with zero attached hydrogens (tertiary/aromatic N) is 3. The van der Waals surface area contributed by atoms with E-state index in [1.165, 1.54) is 13.0 Å².